The molecule has 0 radical (unpaired) electrons. The van der Waals surface area contributed by atoms with Gasteiger partial charge in [-0.25, -0.2) is 4.68 Å². The summed E-state index contributed by atoms with van der Waals surface area (Å²) in [7, 11) is 0. The van der Waals surface area contributed by atoms with E-state index in [4.69, 9.17) is 5.73 Å². The van der Waals surface area contributed by atoms with E-state index >= 15 is 0 Å². The van der Waals surface area contributed by atoms with Crippen molar-refractivity contribution in [2.75, 3.05) is 5.73 Å². The number of nitrogen functional groups attached to an aromatic ring is 1. The fourth-order valence-electron chi connectivity index (χ4n) is 1.97. The van der Waals surface area contributed by atoms with E-state index in [-0.39, 0.29) is 0 Å². The highest BCUT2D eigenvalue weighted by atomic mass is 79.9. The summed E-state index contributed by atoms with van der Waals surface area (Å²) in [5, 5.41) is 4.28. The Morgan fingerprint density at radius 1 is 1.38 bits per heavy atom. The van der Waals surface area contributed by atoms with Crippen molar-refractivity contribution in [2.24, 2.45) is 0 Å². The highest BCUT2D eigenvalue weighted by Gasteiger charge is 2.18. The van der Waals surface area contributed by atoms with Gasteiger partial charge in [0.2, 0.25) is 0 Å². The molecule has 1 heterocycles. The molecule has 1 fully saturated rings. The van der Waals surface area contributed by atoms with Gasteiger partial charge in [0.15, 0.2) is 0 Å². The van der Waals surface area contributed by atoms with Gasteiger partial charge < -0.3 is 5.73 Å². The summed E-state index contributed by atoms with van der Waals surface area (Å²) in [6.07, 6.45) is 8.20. The number of anilines is 1. The standard InChI is InChI=1S/C9H14BrN3/c10-8-6-12-13(9(8)11)7-4-2-1-3-5-7/h6-7H,1-5,11H2. The fourth-order valence-corrected chi connectivity index (χ4v) is 2.24. The lowest BCUT2D eigenvalue weighted by molar-refractivity contribution is 0.333. The zero-order chi connectivity index (χ0) is 9.26. The van der Waals surface area contributed by atoms with Crippen LogP contribution in [0.5, 0.6) is 0 Å². The molecule has 0 aromatic carbocycles. The predicted molar refractivity (Wildman–Crippen MR) is 56.5 cm³/mol. The van der Waals surface area contributed by atoms with Gasteiger partial charge in [-0.05, 0) is 28.8 Å². The van der Waals surface area contributed by atoms with E-state index in [2.05, 4.69) is 21.0 Å². The fraction of sp³-hybridized carbons (Fsp3) is 0.667. The Labute approximate surface area is 86.4 Å². The van der Waals surface area contributed by atoms with E-state index in [1.165, 1.54) is 32.1 Å². The summed E-state index contributed by atoms with van der Waals surface area (Å²) in [5.74, 6) is 0.770. The number of hydrogen-bond donors (Lipinski definition) is 1. The first-order chi connectivity index (χ1) is 6.29. The molecule has 0 saturated heterocycles. The van der Waals surface area contributed by atoms with Gasteiger partial charge in [0.1, 0.15) is 5.82 Å². The summed E-state index contributed by atoms with van der Waals surface area (Å²) < 4.78 is 2.88. The molecule has 1 aromatic rings. The molecule has 0 bridgehead atoms. The van der Waals surface area contributed by atoms with Crippen LogP contribution in [0.15, 0.2) is 10.7 Å². The molecule has 1 saturated carbocycles. The molecule has 3 nitrogen and oxygen atoms in total. The lowest BCUT2D eigenvalue weighted by Crippen LogP contribution is -2.15. The van der Waals surface area contributed by atoms with E-state index in [0.717, 1.165) is 10.3 Å². The van der Waals surface area contributed by atoms with Crippen LogP contribution < -0.4 is 5.73 Å². The van der Waals surface area contributed by atoms with Gasteiger partial charge in [0.25, 0.3) is 0 Å². The van der Waals surface area contributed by atoms with Crippen LogP contribution in [0.4, 0.5) is 5.82 Å². The van der Waals surface area contributed by atoms with Crippen LogP contribution >= 0.6 is 15.9 Å². The van der Waals surface area contributed by atoms with E-state index in [0.29, 0.717) is 6.04 Å². The monoisotopic (exact) mass is 243 g/mol. The van der Waals surface area contributed by atoms with Crippen LogP contribution in [0.2, 0.25) is 0 Å². The van der Waals surface area contributed by atoms with Crippen molar-refractivity contribution in [3.63, 3.8) is 0 Å². The Morgan fingerprint density at radius 3 is 2.62 bits per heavy atom. The van der Waals surface area contributed by atoms with Gasteiger partial charge in [0, 0.05) is 0 Å². The topological polar surface area (TPSA) is 43.8 Å². The Balaban J connectivity index is 2.18. The SMILES string of the molecule is Nc1c(Br)cnn1C1CCCCC1. The molecular formula is C9H14BrN3. The lowest BCUT2D eigenvalue weighted by Gasteiger charge is -2.22. The Bertz CT molecular complexity index is 289. The molecule has 0 unspecified atom stereocenters. The number of nitrogens with zero attached hydrogens (tertiary/aromatic N) is 2. The van der Waals surface area contributed by atoms with E-state index in [9.17, 15) is 0 Å². The van der Waals surface area contributed by atoms with Crippen LogP contribution in [-0.4, -0.2) is 9.78 Å². The quantitative estimate of drug-likeness (QED) is 0.825. The summed E-state index contributed by atoms with van der Waals surface area (Å²) in [6.45, 7) is 0. The molecule has 0 spiro atoms. The Kier molecular flexibility index (Phi) is 2.58. The summed E-state index contributed by atoms with van der Waals surface area (Å²) in [6, 6.07) is 0.528. The molecule has 1 aromatic heterocycles. The van der Waals surface area contributed by atoms with E-state index in [1.807, 2.05) is 4.68 Å². The first-order valence-electron chi connectivity index (χ1n) is 4.77. The zero-order valence-electron chi connectivity index (χ0n) is 7.54. The summed E-state index contributed by atoms with van der Waals surface area (Å²) in [5.41, 5.74) is 5.89. The first-order valence-corrected chi connectivity index (χ1v) is 5.57. The van der Waals surface area contributed by atoms with Crippen LogP contribution in [0, 0.1) is 0 Å². The molecule has 0 aliphatic heterocycles. The number of hydrogen-bond acceptors (Lipinski definition) is 2. The molecular weight excluding hydrogens is 230 g/mol. The minimum absolute atomic E-state index is 0.528. The number of nitrogens with two attached hydrogens (primary N) is 1. The number of aromatic nitrogens is 2. The molecule has 0 amide bonds. The van der Waals surface area contributed by atoms with Gasteiger partial charge >= 0.3 is 0 Å². The Morgan fingerprint density at radius 2 is 2.08 bits per heavy atom. The second kappa shape index (κ2) is 3.70. The minimum atomic E-state index is 0.528. The van der Waals surface area contributed by atoms with Crippen LogP contribution in [0.3, 0.4) is 0 Å². The van der Waals surface area contributed by atoms with Crippen molar-refractivity contribution in [1.82, 2.24) is 9.78 Å². The molecule has 13 heavy (non-hydrogen) atoms. The van der Waals surface area contributed by atoms with Gasteiger partial charge in [-0.1, -0.05) is 19.3 Å². The van der Waals surface area contributed by atoms with Crippen molar-refractivity contribution in [3.8, 4) is 0 Å². The van der Waals surface area contributed by atoms with Crippen LogP contribution in [0.25, 0.3) is 0 Å². The van der Waals surface area contributed by atoms with Crippen LogP contribution in [-0.2, 0) is 0 Å². The lowest BCUT2D eigenvalue weighted by atomic mass is 9.96. The second-order valence-corrected chi connectivity index (χ2v) is 4.47. The summed E-state index contributed by atoms with van der Waals surface area (Å²) in [4.78, 5) is 0. The average molecular weight is 244 g/mol. The van der Waals surface area contributed by atoms with Crippen molar-refractivity contribution < 1.29 is 0 Å². The maximum absolute atomic E-state index is 5.89. The minimum Gasteiger partial charge on any atom is -0.383 e. The molecule has 1 aliphatic carbocycles. The van der Waals surface area contributed by atoms with Crippen molar-refractivity contribution in [2.45, 2.75) is 38.1 Å². The van der Waals surface area contributed by atoms with E-state index < -0.39 is 0 Å². The zero-order valence-corrected chi connectivity index (χ0v) is 9.13. The Hall–Kier alpha value is -0.510. The smallest absolute Gasteiger partial charge is 0.136 e. The van der Waals surface area contributed by atoms with Crippen molar-refractivity contribution in [1.29, 1.82) is 0 Å². The average Bonchev–Trinajstić information content (AvgIpc) is 2.49. The van der Waals surface area contributed by atoms with E-state index in [1.54, 1.807) is 6.20 Å². The van der Waals surface area contributed by atoms with Crippen molar-refractivity contribution in [3.05, 3.63) is 10.7 Å². The normalized spacial score (nSPS) is 19.2. The van der Waals surface area contributed by atoms with Crippen LogP contribution in [0.1, 0.15) is 38.1 Å². The molecule has 72 valence electrons. The third kappa shape index (κ3) is 1.73. The highest BCUT2D eigenvalue weighted by molar-refractivity contribution is 9.10. The molecule has 2 rings (SSSR count). The summed E-state index contributed by atoms with van der Waals surface area (Å²) >= 11 is 3.37. The van der Waals surface area contributed by atoms with Gasteiger partial charge in [-0.3, -0.25) is 0 Å². The largest absolute Gasteiger partial charge is 0.383 e. The maximum atomic E-state index is 5.89. The number of rotatable bonds is 1. The first kappa shape index (κ1) is 9.06. The van der Waals surface area contributed by atoms with Gasteiger partial charge in [0.05, 0.1) is 16.7 Å². The third-order valence-corrected chi connectivity index (χ3v) is 3.32. The molecule has 1 aliphatic rings. The van der Waals surface area contributed by atoms with Crippen molar-refractivity contribution >= 4 is 21.7 Å². The van der Waals surface area contributed by atoms with Gasteiger partial charge in [-0.15, -0.1) is 0 Å². The predicted octanol–water partition coefficient (Wildman–Crippen LogP) is 2.73. The molecule has 4 heteroatoms. The maximum Gasteiger partial charge on any atom is 0.136 e. The third-order valence-electron chi connectivity index (χ3n) is 2.71. The second-order valence-electron chi connectivity index (χ2n) is 3.61. The number of halogens is 1. The molecule has 2 N–H and O–H groups in total. The molecule has 0 atom stereocenters. The van der Waals surface area contributed by atoms with Gasteiger partial charge in [-0.2, -0.15) is 5.10 Å². The highest BCUT2D eigenvalue weighted by Crippen LogP contribution is 2.31.